The maximum atomic E-state index is 13.4. The van der Waals surface area contributed by atoms with Crippen molar-refractivity contribution in [2.75, 3.05) is 0 Å². The van der Waals surface area contributed by atoms with Gasteiger partial charge in [0.25, 0.3) is 0 Å². The fraction of sp³-hybridized carbons (Fsp3) is 0.143. The van der Waals surface area contributed by atoms with E-state index in [1.54, 1.807) is 24.3 Å². The van der Waals surface area contributed by atoms with Gasteiger partial charge in [0.15, 0.2) is 9.84 Å². The Bertz CT molecular complexity index is 921. The SMILES string of the molecule is Cc1ccc(S(=O)(=O)[C@H](c2ccccc2)[C@H](Cl)c2ccccc2)cc1. The van der Waals surface area contributed by atoms with Crippen LogP contribution in [0.15, 0.2) is 89.8 Å². The molecule has 25 heavy (non-hydrogen) atoms. The summed E-state index contributed by atoms with van der Waals surface area (Å²) in [4.78, 5) is 0.286. The van der Waals surface area contributed by atoms with Gasteiger partial charge >= 0.3 is 0 Å². The molecule has 0 heterocycles. The summed E-state index contributed by atoms with van der Waals surface area (Å²) in [6.45, 7) is 1.93. The van der Waals surface area contributed by atoms with Crippen molar-refractivity contribution < 1.29 is 8.42 Å². The third-order valence-electron chi connectivity index (χ3n) is 4.20. The Labute approximate surface area is 154 Å². The van der Waals surface area contributed by atoms with Crippen LogP contribution < -0.4 is 0 Å². The monoisotopic (exact) mass is 370 g/mol. The predicted molar refractivity (Wildman–Crippen MR) is 103 cm³/mol. The number of aryl methyl sites for hydroxylation is 1. The highest BCUT2D eigenvalue weighted by atomic mass is 35.5. The Hall–Kier alpha value is -2.10. The molecule has 2 nitrogen and oxygen atoms in total. The van der Waals surface area contributed by atoms with E-state index in [4.69, 9.17) is 11.6 Å². The molecule has 2 atom stereocenters. The molecule has 128 valence electrons. The van der Waals surface area contributed by atoms with Gasteiger partial charge in [-0.2, -0.15) is 0 Å². The Morgan fingerprint density at radius 1 is 0.720 bits per heavy atom. The number of benzene rings is 3. The highest BCUT2D eigenvalue weighted by molar-refractivity contribution is 7.91. The van der Waals surface area contributed by atoms with E-state index in [1.807, 2.05) is 67.6 Å². The van der Waals surface area contributed by atoms with Gasteiger partial charge in [0.2, 0.25) is 0 Å². The van der Waals surface area contributed by atoms with E-state index in [1.165, 1.54) is 0 Å². The minimum Gasteiger partial charge on any atom is -0.223 e. The fourth-order valence-corrected chi connectivity index (χ4v) is 5.33. The van der Waals surface area contributed by atoms with Crippen LogP contribution in [-0.2, 0) is 9.84 Å². The van der Waals surface area contributed by atoms with Crippen LogP contribution >= 0.6 is 11.6 Å². The Kier molecular flexibility index (Phi) is 5.26. The molecule has 0 amide bonds. The number of hydrogen-bond acceptors (Lipinski definition) is 2. The zero-order valence-electron chi connectivity index (χ0n) is 13.8. The van der Waals surface area contributed by atoms with Gasteiger partial charge in [-0.1, -0.05) is 78.4 Å². The van der Waals surface area contributed by atoms with Crippen molar-refractivity contribution in [1.82, 2.24) is 0 Å². The van der Waals surface area contributed by atoms with E-state index in [2.05, 4.69) is 0 Å². The molecular formula is C21H19ClO2S. The molecule has 0 N–H and O–H groups in total. The minimum absolute atomic E-state index is 0.286. The molecule has 0 radical (unpaired) electrons. The van der Waals surface area contributed by atoms with Gasteiger partial charge in [-0.15, -0.1) is 11.6 Å². The summed E-state index contributed by atoms with van der Waals surface area (Å²) in [5, 5.41) is -1.55. The largest absolute Gasteiger partial charge is 0.223 e. The summed E-state index contributed by atoms with van der Waals surface area (Å²) in [6.07, 6.45) is 0. The lowest BCUT2D eigenvalue weighted by Gasteiger charge is -2.23. The van der Waals surface area contributed by atoms with Gasteiger partial charge in [0.05, 0.1) is 10.3 Å². The molecule has 0 aromatic heterocycles. The van der Waals surface area contributed by atoms with Gasteiger partial charge in [0.1, 0.15) is 5.25 Å². The molecule has 0 saturated heterocycles. The van der Waals surface area contributed by atoms with Crippen molar-refractivity contribution >= 4 is 21.4 Å². The first-order valence-corrected chi connectivity index (χ1v) is 10.0. The number of alkyl halides is 1. The van der Waals surface area contributed by atoms with Crippen LogP contribution in [0, 0.1) is 6.92 Å². The maximum absolute atomic E-state index is 13.4. The van der Waals surface area contributed by atoms with Crippen LogP contribution in [0.25, 0.3) is 0 Å². The Morgan fingerprint density at radius 2 is 1.20 bits per heavy atom. The number of hydrogen-bond donors (Lipinski definition) is 0. The van der Waals surface area contributed by atoms with Crippen LogP contribution in [0.1, 0.15) is 27.3 Å². The van der Waals surface area contributed by atoms with E-state index in [9.17, 15) is 8.42 Å². The first-order valence-electron chi connectivity index (χ1n) is 8.04. The molecule has 0 aliphatic heterocycles. The Balaban J connectivity index is 2.13. The van der Waals surface area contributed by atoms with Crippen LogP contribution in [0.5, 0.6) is 0 Å². The summed E-state index contributed by atoms with van der Waals surface area (Å²) in [7, 11) is -3.65. The van der Waals surface area contributed by atoms with Gasteiger partial charge in [-0.05, 0) is 30.2 Å². The highest BCUT2D eigenvalue weighted by Crippen LogP contribution is 2.43. The molecule has 0 fully saturated rings. The number of sulfone groups is 1. The average molecular weight is 371 g/mol. The summed E-state index contributed by atoms with van der Waals surface area (Å²) < 4.78 is 26.7. The second kappa shape index (κ2) is 7.42. The fourth-order valence-electron chi connectivity index (χ4n) is 2.83. The standard InChI is InChI=1S/C21H19ClO2S/c1-16-12-14-19(15-13-16)25(23,24)21(18-10-6-3-7-11-18)20(22)17-8-4-2-5-9-17/h2-15,20-21H,1H3/t20-,21-/m1/s1. The minimum atomic E-state index is -3.65. The summed E-state index contributed by atoms with van der Waals surface area (Å²) >= 11 is 6.69. The van der Waals surface area contributed by atoms with Crippen LogP contribution in [0.4, 0.5) is 0 Å². The second-order valence-electron chi connectivity index (χ2n) is 6.00. The number of rotatable bonds is 5. The zero-order chi connectivity index (χ0) is 17.9. The molecule has 0 bridgehead atoms. The molecule has 0 saturated carbocycles. The first kappa shape index (κ1) is 17.7. The number of halogens is 1. The van der Waals surface area contributed by atoms with Crippen LogP contribution in [0.2, 0.25) is 0 Å². The van der Waals surface area contributed by atoms with Crippen molar-refractivity contribution in [3.05, 3.63) is 102 Å². The van der Waals surface area contributed by atoms with Crippen LogP contribution in [-0.4, -0.2) is 8.42 Å². The van der Waals surface area contributed by atoms with Crippen molar-refractivity contribution in [3.63, 3.8) is 0 Å². The van der Waals surface area contributed by atoms with E-state index in [0.29, 0.717) is 5.56 Å². The van der Waals surface area contributed by atoms with Crippen molar-refractivity contribution in [1.29, 1.82) is 0 Å². The molecule has 4 heteroatoms. The molecule has 3 aromatic carbocycles. The van der Waals surface area contributed by atoms with E-state index < -0.39 is 20.5 Å². The molecule has 0 aliphatic carbocycles. The molecule has 3 rings (SSSR count). The lowest BCUT2D eigenvalue weighted by Crippen LogP contribution is -2.18. The van der Waals surface area contributed by atoms with Gasteiger partial charge in [-0.3, -0.25) is 0 Å². The normalized spacial score (nSPS) is 14.0. The van der Waals surface area contributed by atoms with Gasteiger partial charge in [-0.25, -0.2) is 8.42 Å². The summed E-state index contributed by atoms with van der Waals surface area (Å²) in [5.74, 6) is 0. The highest BCUT2D eigenvalue weighted by Gasteiger charge is 2.36. The third kappa shape index (κ3) is 3.78. The smallest absolute Gasteiger partial charge is 0.187 e. The molecular weight excluding hydrogens is 352 g/mol. The molecule has 0 aliphatic rings. The Morgan fingerprint density at radius 3 is 1.72 bits per heavy atom. The molecule has 0 spiro atoms. The van der Waals surface area contributed by atoms with Crippen molar-refractivity contribution in [2.45, 2.75) is 22.4 Å². The van der Waals surface area contributed by atoms with Crippen LogP contribution in [0.3, 0.4) is 0 Å². The second-order valence-corrected chi connectivity index (χ2v) is 8.54. The summed E-state index contributed by atoms with van der Waals surface area (Å²) in [5.41, 5.74) is 2.49. The lowest BCUT2D eigenvalue weighted by atomic mass is 10.0. The third-order valence-corrected chi connectivity index (χ3v) is 6.99. The molecule has 0 unspecified atom stereocenters. The topological polar surface area (TPSA) is 34.1 Å². The van der Waals surface area contributed by atoms with E-state index in [0.717, 1.165) is 11.1 Å². The predicted octanol–water partition coefficient (Wildman–Crippen LogP) is 5.49. The molecule has 3 aromatic rings. The van der Waals surface area contributed by atoms with Crippen molar-refractivity contribution in [3.8, 4) is 0 Å². The maximum Gasteiger partial charge on any atom is 0.187 e. The van der Waals surface area contributed by atoms with Crippen molar-refractivity contribution in [2.24, 2.45) is 0 Å². The average Bonchev–Trinajstić information content (AvgIpc) is 2.63. The van der Waals surface area contributed by atoms with E-state index >= 15 is 0 Å². The quantitative estimate of drug-likeness (QED) is 0.556. The lowest BCUT2D eigenvalue weighted by molar-refractivity contribution is 0.579. The van der Waals surface area contributed by atoms with Gasteiger partial charge in [0, 0.05) is 0 Å². The first-order chi connectivity index (χ1) is 12.0. The zero-order valence-corrected chi connectivity index (χ0v) is 15.4. The van der Waals surface area contributed by atoms with E-state index in [-0.39, 0.29) is 4.90 Å². The van der Waals surface area contributed by atoms with Gasteiger partial charge < -0.3 is 0 Å². The summed E-state index contributed by atoms with van der Waals surface area (Å²) in [6, 6.07) is 25.4.